The van der Waals surface area contributed by atoms with Gasteiger partial charge in [0.05, 0.1) is 0 Å². The highest BCUT2D eigenvalue weighted by atomic mass is 16.5. The molecule has 0 aliphatic carbocycles. The van der Waals surface area contributed by atoms with E-state index in [4.69, 9.17) is 4.74 Å². The van der Waals surface area contributed by atoms with Crippen LogP contribution in [0.1, 0.15) is 33.1 Å². The van der Waals surface area contributed by atoms with Crippen LogP contribution in [0.5, 0.6) is 5.75 Å². The van der Waals surface area contributed by atoms with Crippen molar-refractivity contribution >= 4 is 11.9 Å². The van der Waals surface area contributed by atoms with Crippen molar-refractivity contribution in [2.24, 2.45) is 0 Å². The molecule has 0 spiro atoms. The lowest BCUT2D eigenvalue weighted by Crippen LogP contribution is -2.51. The van der Waals surface area contributed by atoms with Gasteiger partial charge in [0.1, 0.15) is 5.75 Å². The van der Waals surface area contributed by atoms with E-state index in [1.165, 1.54) is 0 Å². The summed E-state index contributed by atoms with van der Waals surface area (Å²) in [5.41, 5.74) is 0. The van der Waals surface area contributed by atoms with Gasteiger partial charge in [-0.3, -0.25) is 4.79 Å². The molecular weight excluding hydrogens is 294 g/mol. The number of ether oxygens (including phenoxy) is 1. The van der Waals surface area contributed by atoms with Gasteiger partial charge in [-0.2, -0.15) is 0 Å². The second kappa shape index (κ2) is 8.41. The Morgan fingerprint density at radius 2 is 1.91 bits per heavy atom. The smallest absolute Gasteiger partial charge is 0.317 e. The van der Waals surface area contributed by atoms with E-state index in [2.05, 4.69) is 10.6 Å². The van der Waals surface area contributed by atoms with Crippen molar-refractivity contribution in [2.75, 3.05) is 13.1 Å². The average Bonchev–Trinajstić information content (AvgIpc) is 2.55. The second-order valence-corrected chi connectivity index (χ2v) is 5.73. The van der Waals surface area contributed by atoms with E-state index in [-0.39, 0.29) is 24.2 Å². The first-order valence-corrected chi connectivity index (χ1v) is 8.12. The number of para-hydroxylation sites is 1. The Morgan fingerprint density at radius 1 is 1.26 bits per heavy atom. The largest absolute Gasteiger partial charge is 0.471 e. The molecule has 23 heavy (non-hydrogen) atoms. The number of rotatable bonds is 5. The maximum atomic E-state index is 12.1. The number of nitrogens with zero attached hydrogens (tertiary/aromatic N) is 1. The Hall–Kier alpha value is -2.24. The number of likely N-dealkylation sites (tertiary alicyclic amines) is 1. The molecule has 6 nitrogen and oxygen atoms in total. The van der Waals surface area contributed by atoms with Crippen LogP contribution in [0, 0.1) is 0 Å². The maximum Gasteiger partial charge on any atom is 0.317 e. The SMILES string of the molecule is CCC(NC(=O)NC1CCN(C(C)=O)CC1)Oc1ccccc1. The molecule has 1 unspecified atom stereocenters. The molecule has 126 valence electrons. The topological polar surface area (TPSA) is 70.7 Å². The van der Waals surface area contributed by atoms with E-state index in [1.807, 2.05) is 42.2 Å². The van der Waals surface area contributed by atoms with E-state index in [0.29, 0.717) is 19.5 Å². The molecule has 1 fully saturated rings. The summed E-state index contributed by atoms with van der Waals surface area (Å²) >= 11 is 0. The predicted octanol–water partition coefficient (Wildman–Crippen LogP) is 2.11. The molecule has 1 saturated heterocycles. The highest BCUT2D eigenvalue weighted by molar-refractivity contribution is 5.75. The monoisotopic (exact) mass is 319 g/mol. The van der Waals surface area contributed by atoms with Crippen LogP contribution in [-0.2, 0) is 4.79 Å². The van der Waals surface area contributed by atoms with Gasteiger partial charge in [-0.15, -0.1) is 0 Å². The Bertz CT molecular complexity index is 513. The van der Waals surface area contributed by atoms with Crippen molar-refractivity contribution in [1.29, 1.82) is 0 Å². The Labute approximate surface area is 137 Å². The molecule has 1 aliphatic heterocycles. The molecule has 0 saturated carbocycles. The standard InChI is InChI=1S/C17H25N3O3/c1-3-16(23-15-7-5-4-6-8-15)19-17(22)18-14-9-11-20(12-10-14)13(2)21/h4-8,14,16H,3,9-12H2,1-2H3,(H2,18,19,22). The molecule has 2 rings (SSSR count). The highest BCUT2D eigenvalue weighted by Crippen LogP contribution is 2.12. The summed E-state index contributed by atoms with van der Waals surface area (Å²) in [6, 6.07) is 9.30. The fraction of sp³-hybridized carbons (Fsp3) is 0.529. The molecule has 6 heteroatoms. The normalized spacial score (nSPS) is 16.5. The second-order valence-electron chi connectivity index (χ2n) is 5.73. The molecule has 1 aromatic carbocycles. The Kier molecular flexibility index (Phi) is 6.26. The van der Waals surface area contributed by atoms with Gasteiger partial charge in [-0.25, -0.2) is 4.79 Å². The fourth-order valence-electron chi connectivity index (χ4n) is 2.59. The quantitative estimate of drug-likeness (QED) is 0.817. The van der Waals surface area contributed by atoms with Crippen LogP contribution in [0.15, 0.2) is 30.3 Å². The fourth-order valence-corrected chi connectivity index (χ4v) is 2.59. The lowest BCUT2D eigenvalue weighted by molar-refractivity contribution is -0.129. The van der Waals surface area contributed by atoms with Crippen molar-refractivity contribution in [3.8, 4) is 5.75 Å². The van der Waals surface area contributed by atoms with Crippen LogP contribution in [-0.4, -0.2) is 42.2 Å². The van der Waals surface area contributed by atoms with Crippen LogP contribution in [0.3, 0.4) is 0 Å². The molecule has 0 bridgehead atoms. The van der Waals surface area contributed by atoms with Crippen molar-refractivity contribution in [1.82, 2.24) is 15.5 Å². The molecule has 1 aromatic rings. The van der Waals surface area contributed by atoms with Gasteiger partial charge in [-0.05, 0) is 25.0 Å². The third kappa shape index (κ3) is 5.47. The lowest BCUT2D eigenvalue weighted by atomic mass is 10.1. The van der Waals surface area contributed by atoms with E-state index in [9.17, 15) is 9.59 Å². The summed E-state index contributed by atoms with van der Waals surface area (Å²) in [7, 11) is 0. The van der Waals surface area contributed by atoms with Crippen molar-refractivity contribution < 1.29 is 14.3 Å². The average molecular weight is 319 g/mol. The van der Waals surface area contributed by atoms with Crippen LogP contribution >= 0.6 is 0 Å². The first-order valence-electron chi connectivity index (χ1n) is 8.12. The minimum Gasteiger partial charge on any atom is -0.471 e. The van der Waals surface area contributed by atoms with Crippen molar-refractivity contribution in [2.45, 2.75) is 45.4 Å². The van der Waals surface area contributed by atoms with Crippen LogP contribution in [0.2, 0.25) is 0 Å². The number of amides is 3. The number of nitrogens with one attached hydrogen (secondary N) is 2. The number of piperidine rings is 1. The van der Waals surface area contributed by atoms with Gasteiger partial charge in [0.15, 0.2) is 6.23 Å². The summed E-state index contributed by atoms with van der Waals surface area (Å²) in [4.78, 5) is 25.2. The number of benzene rings is 1. The lowest BCUT2D eigenvalue weighted by Gasteiger charge is -2.32. The molecule has 1 atom stereocenters. The summed E-state index contributed by atoms with van der Waals surface area (Å²) in [6.07, 6.45) is 1.87. The number of hydrogen-bond acceptors (Lipinski definition) is 3. The van der Waals surface area contributed by atoms with E-state index in [1.54, 1.807) is 6.92 Å². The van der Waals surface area contributed by atoms with Gasteiger partial charge in [0.2, 0.25) is 5.91 Å². The highest BCUT2D eigenvalue weighted by Gasteiger charge is 2.22. The van der Waals surface area contributed by atoms with Gasteiger partial charge in [0, 0.05) is 32.5 Å². The van der Waals surface area contributed by atoms with Crippen molar-refractivity contribution in [3.63, 3.8) is 0 Å². The molecular formula is C17H25N3O3. The van der Waals surface area contributed by atoms with Gasteiger partial charge in [0.25, 0.3) is 0 Å². The zero-order valence-corrected chi connectivity index (χ0v) is 13.7. The molecule has 1 aliphatic rings. The number of carbonyl (C=O) groups is 2. The first kappa shape index (κ1) is 17.1. The summed E-state index contributed by atoms with van der Waals surface area (Å²) in [5, 5.41) is 5.80. The van der Waals surface area contributed by atoms with E-state index >= 15 is 0 Å². The number of hydrogen-bond donors (Lipinski definition) is 2. The summed E-state index contributed by atoms with van der Waals surface area (Å²) in [6.45, 7) is 4.92. The molecule has 0 radical (unpaired) electrons. The van der Waals surface area contributed by atoms with Gasteiger partial charge < -0.3 is 20.3 Å². The predicted molar refractivity (Wildman–Crippen MR) is 88.1 cm³/mol. The Balaban J connectivity index is 1.76. The Morgan fingerprint density at radius 3 is 2.48 bits per heavy atom. The molecule has 0 aromatic heterocycles. The summed E-state index contributed by atoms with van der Waals surface area (Å²) < 4.78 is 5.75. The van der Waals surface area contributed by atoms with Crippen molar-refractivity contribution in [3.05, 3.63) is 30.3 Å². The molecule has 1 heterocycles. The third-order valence-corrected chi connectivity index (χ3v) is 3.96. The number of urea groups is 1. The molecule has 3 amide bonds. The van der Waals surface area contributed by atoms with E-state index in [0.717, 1.165) is 18.6 Å². The third-order valence-electron chi connectivity index (χ3n) is 3.96. The maximum absolute atomic E-state index is 12.1. The zero-order chi connectivity index (χ0) is 16.7. The minimum atomic E-state index is -0.366. The van der Waals surface area contributed by atoms with E-state index < -0.39 is 0 Å². The minimum absolute atomic E-state index is 0.0928. The van der Waals surface area contributed by atoms with Crippen LogP contribution in [0.25, 0.3) is 0 Å². The van der Waals surface area contributed by atoms with Crippen LogP contribution in [0.4, 0.5) is 4.79 Å². The van der Waals surface area contributed by atoms with Gasteiger partial charge >= 0.3 is 6.03 Å². The van der Waals surface area contributed by atoms with Gasteiger partial charge in [-0.1, -0.05) is 25.1 Å². The first-order chi connectivity index (χ1) is 11.1. The number of carbonyl (C=O) groups excluding carboxylic acids is 2. The summed E-state index contributed by atoms with van der Waals surface area (Å²) in [5.74, 6) is 0.824. The molecule has 2 N–H and O–H groups in total. The van der Waals surface area contributed by atoms with Crippen LogP contribution < -0.4 is 15.4 Å². The zero-order valence-electron chi connectivity index (χ0n) is 13.7.